The number of hydrogen-bond acceptors (Lipinski definition) is 6. The van der Waals surface area contributed by atoms with Crippen LogP contribution in [0.2, 0.25) is 0 Å². The van der Waals surface area contributed by atoms with Crippen molar-refractivity contribution in [2.75, 3.05) is 0 Å². The summed E-state index contributed by atoms with van der Waals surface area (Å²) in [7, 11) is 0. The van der Waals surface area contributed by atoms with Gasteiger partial charge in [-0.15, -0.1) is 10.2 Å². The van der Waals surface area contributed by atoms with Crippen LogP contribution in [0, 0.1) is 0 Å². The van der Waals surface area contributed by atoms with Crippen molar-refractivity contribution in [3.8, 4) is 0 Å². The maximum atomic E-state index is 10.5. The minimum absolute atomic E-state index is 0.0541. The number of tetrazole rings is 1. The van der Waals surface area contributed by atoms with Crippen LogP contribution >= 0.6 is 0 Å². The lowest BCUT2D eigenvalue weighted by atomic mass is 10.2. The van der Waals surface area contributed by atoms with Gasteiger partial charge in [-0.25, -0.2) is 9.36 Å². The van der Waals surface area contributed by atoms with Crippen molar-refractivity contribution in [2.45, 2.75) is 38.3 Å². The van der Waals surface area contributed by atoms with Crippen LogP contribution < -0.4 is 0 Å². The predicted molar refractivity (Wildman–Crippen MR) is 61.2 cm³/mol. The minimum Gasteiger partial charge on any atom is -0.481 e. The molecule has 0 spiro atoms. The largest absolute Gasteiger partial charge is 0.481 e. The highest BCUT2D eigenvalue weighted by molar-refractivity contribution is 5.66. The molecule has 2 aromatic heterocycles. The van der Waals surface area contributed by atoms with Gasteiger partial charge in [-0.3, -0.25) is 4.79 Å². The number of carbonyl (C=O) groups is 1. The van der Waals surface area contributed by atoms with Crippen LogP contribution in [0.15, 0.2) is 6.20 Å². The number of aryl methyl sites for hydroxylation is 1. The molecule has 3 rings (SSSR count). The quantitative estimate of drug-likeness (QED) is 0.759. The Hall–Kier alpha value is -2.32. The zero-order valence-electron chi connectivity index (χ0n) is 10.2. The number of aliphatic carboxylic acids is 1. The molecule has 0 aliphatic heterocycles. The molecule has 1 aliphatic carbocycles. The highest BCUT2D eigenvalue weighted by Gasteiger charge is 2.27. The smallest absolute Gasteiger partial charge is 0.303 e. The molecule has 0 bridgehead atoms. The highest BCUT2D eigenvalue weighted by atomic mass is 16.4. The molecule has 1 aliphatic rings. The van der Waals surface area contributed by atoms with Crippen LogP contribution in [-0.2, 0) is 17.8 Å². The number of carboxylic acid groups (broad SMARTS) is 1. The Balaban J connectivity index is 1.66. The van der Waals surface area contributed by atoms with Crippen molar-refractivity contribution in [1.29, 1.82) is 0 Å². The summed E-state index contributed by atoms with van der Waals surface area (Å²) < 4.78 is 3.44. The van der Waals surface area contributed by atoms with Crippen LogP contribution in [0.1, 0.15) is 36.8 Å². The lowest BCUT2D eigenvalue weighted by Crippen LogP contribution is -2.09. The van der Waals surface area contributed by atoms with Crippen molar-refractivity contribution in [2.24, 2.45) is 0 Å². The maximum Gasteiger partial charge on any atom is 0.303 e. The van der Waals surface area contributed by atoms with E-state index in [0.717, 1.165) is 18.7 Å². The van der Waals surface area contributed by atoms with Gasteiger partial charge in [-0.2, -0.15) is 0 Å². The zero-order chi connectivity index (χ0) is 13.2. The molecule has 0 radical (unpaired) electrons. The molecule has 1 N–H and O–H groups in total. The molecule has 0 aromatic carbocycles. The monoisotopic (exact) mass is 263 g/mol. The number of rotatable bonds is 6. The molecule has 0 saturated heterocycles. The Morgan fingerprint density at radius 1 is 1.37 bits per heavy atom. The van der Waals surface area contributed by atoms with Crippen LogP contribution in [0.3, 0.4) is 0 Å². The van der Waals surface area contributed by atoms with Gasteiger partial charge in [0.2, 0.25) is 0 Å². The van der Waals surface area contributed by atoms with Crippen molar-refractivity contribution >= 4 is 5.97 Å². The topological polar surface area (TPSA) is 112 Å². The van der Waals surface area contributed by atoms with Gasteiger partial charge in [-0.05, 0) is 23.3 Å². The average molecular weight is 263 g/mol. The third-order valence-corrected chi connectivity index (χ3v) is 2.94. The van der Waals surface area contributed by atoms with E-state index in [1.807, 2.05) is 4.68 Å². The van der Waals surface area contributed by atoms with Crippen LogP contribution in [0.5, 0.6) is 0 Å². The Morgan fingerprint density at radius 3 is 2.95 bits per heavy atom. The second-order valence-corrected chi connectivity index (χ2v) is 4.57. The number of hydrogen-bond donors (Lipinski definition) is 1. The summed E-state index contributed by atoms with van der Waals surface area (Å²) >= 11 is 0. The maximum absolute atomic E-state index is 10.5. The van der Waals surface area contributed by atoms with Crippen molar-refractivity contribution in [1.82, 2.24) is 35.2 Å². The van der Waals surface area contributed by atoms with Crippen molar-refractivity contribution in [3.63, 3.8) is 0 Å². The average Bonchev–Trinajstić information content (AvgIpc) is 2.95. The summed E-state index contributed by atoms with van der Waals surface area (Å²) in [5.41, 5.74) is 0.660. The van der Waals surface area contributed by atoms with E-state index in [0.29, 0.717) is 24.7 Å². The molecular formula is C10H13N7O2. The van der Waals surface area contributed by atoms with E-state index in [9.17, 15) is 4.79 Å². The molecule has 9 heteroatoms. The molecule has 100 valence electrons. The number of aromatic nitrogens is 7. The molecule has 0 unspecified atom stereocenters. The summed E-state index contributed by atoms with van der Waals surface area (Å²) in [5.74, 6) is -0.0931. The van der Waals surface area contributed by atoms with Crippen LogP contribution in [0.25, 0.3) is 0 Å². The first-order chi connectivity index (χ1) is 9.22. The van der Waals surface area contributed by atoms with Gasteiger partial charge in [0, 0.05) is 12.6 Å². The Bertz CT molecular complexity index is 586. The standard InChI is InChI=1S/C10H13N7O2/c18-10(19)4-1-7-5-16(14-11-7)6-9-12-13-15-17(9)8-2-3-8/h5,8H,1-4,6H2,(H,18,19). The SMILES string of the molecule is O=C(O)CCc1cn(Cc2nnnn2C2CC2)nn1. The summed E-state index contributed by atoms with van der Waals surface area (Å²) in [6.07, 6.45) is 4.38. The number of carboxylic acids is 1. The predicted octanol–water partition coefficient (Wildman–Crippen LogP) is -0.335. The molecule has 1 saturated carbocycles. The molecule has 1 fully saturated rings. The van der Waals surface area contributed by atoms with E-state index >= 15 is 0 Å². The fourth-order valence-corrected chi connectivity index (χ4v) is 1.83. The number of nitrogens with zero attached hydrogens (tertiary/aromatic N) is 7. The fourth-order valence-electron chi connectivity index (χ4n) is 1.83. The lowest BCUT2D eigenvalue weighted by molar-refractivity contribution is -0.136. The van der Waals surface area contributed by atoms with Gasteiger partial charge in [0.25, 0.3) is 0 Å². The molecular weight excluding hydrogens is 250 g/mol. The van der Waals surface area contributed by atoms with Crippen LogP contribution in [0.4, 0.5) is 0 Å². The van der Waals surface area contributed by atoms with Gasteiger partial charge in [0.05, 0.1) is 18.2 Å². The first kappa shape index (κ1) is 11.8. The summed E-state index contributed by atoms with van der Waals surface area (Å²) in [6, 6.07) is 0.417. The van der Waals surface area contributed by atoms with Gasteiger partial charge >= 0.3 is 5.97 Å². The summed E-state index contributed by atoms with van der Waals surface area (Å²) in [5, 5.41) is 28.1. The second kappa shape index (κ2) is 4.75. The van der Waals surface area contributed by atoms with Gasteiger partial charge < -0.3 is 5.11 Å². The molecule has 2 aromatic rings. The summed E-state index contributed by atoms with van der Waals surface area (Å²) in [6.45, 7) is 0.448. The van der Waals surface area contributed by atoms with Crippen LogP contribution in [-0.4, -0.2) is 46.3 Å². The highest BCUT2D eigenvalue weighted by Crippen LogP contribution is 2.34. The van der Waals surface area contributed by atoms with Gasteiger partial charge in [0.1, 0.15) is 6.54 Å². The molecule has 9 nitrogen and oxygen atoms in total. The van der Waals surface area contributed by atoms with E-state index in [1.165, 1.54) is 0 Å². The first-order valence-electron chi connectivity index (χ1n) is 6.10. The van der Waals surface area contributed by atoms with E-state index < -0.39 is 5.97 Å². The third-order valence-electron chi connectivity index (χ3n) is 2.94. The normalized spacial score (nSPS) is 14.7. The third kappa shape index (κ3) is 2.75. The lowest BCUT2D eigenvalue weighted by Gasteiger charge is -2.01. The molecule has 0 amide bonds. The van der Waals surface area contributed by atoms with E-state index in [4.69, 9.17) is 5.11 Å². The van der Waals surface area contributed by atoms with Crippen molar-refractivity contribution < 1.29 is 9.90 Å². The minimum atomic E-state index is -0.841. The molecule has 19 heavy (non-hydrogen) atoms. The fraction of sp³-hybridized carbons (Fsp3) is 0.600. The Morgan fingerprint density at radius 2 is 2.21 bits per heavy atom. The van der Waals surface area contributed by atoms with E-state index in [1.54, 1.807) is 10.9 Å². The van der Waals surface area contributed by atoms with Crippen molar-refractivity contribution in [3.05, 3.63) is 17.7 Å². The first-order valence-corrected chi connectivity index (χ1v) is 6.10. The Kier molecular flexibility index (Phi) is 2.94. The van der Waals surface area contributed by atoms with E-state index in [2.05, 4.69) is 25.8 Å². The summed E-state index contributed by atoms with van der Waals surface area (Å²) in [4.78, 5) is 10.5. The van der Waals surface area contributed by atoms with E-state index in [-0.39, 0.29) is 6.42 Å². The Labute approximate surface area is 108 Å². The zero-order valence-corrected chi connectivity index (χ0v) is 10.2. The molecule has 0 atom stereocenters. The van der Waals surface area contributed by atoms with Gasteiger partial charge in [-0.1, -0.05) is 5.21 Å². The molecule has 2 heterocycles. The van der Waals surface area contributed by atoms with Gasteiger partial charge in [0.15, 0.2) is 5.82 Å². The second-order valence-electron chi connectivity index (χ2n) is 4.57.